The van der Waals surface area contributed by atoms with Gasteiger partial charge in [0.1, 0.15) is 0 Å². The summed E-state index contributed by atoms with van der Waals surface area (Å²) >= 11 is 5.72. The van der Waals surface area contributed by atoms with Gasteiger partial charge in [-0.05, 0) is 19.8 Å². The van der Waals surface area contributed by atoms with Crippen LogP contribution in [0.5, 0.6) is 0 Å². The Hall–Kier alpha value is 0.250. The lowest BCUT2D eigenvalue weighted by Crippen LogP contribution is -2.32. The summed E-state index contributed by atoms with van der Waals surface area (Å²) in [7, 11) is 0. The Morgan fingerprint density at radius 1 is 1.33 bits per heavy atom. The van der Waals surface area contributed by atoms with E-state index in [-0.39, 0.29) is 5.50 Å². The molecule has 1 atom stereocenters. The number of alkyl halides is 1. The maximum atomic E-state index is 5.72. The maximum absolute atomic E-state index is 5.72. The van der Waals surface area contributed by atoms with E-state index in [2.05, 4.69) is 19.2 Å². The Bertz CT molecular complexity index is 59.9. The molecule has 1 N–H and O–H groups in total. The van der Waals surface area contributed by atoms with Crippen LogP contribution < -0.4 is 5.32 Å². The van der Waals surface area contributed by atoms with Crippen molar-refractivity contribution in [2.24, 2.45) is 0 Å². The number of hydrogen-bond acceptors (Lipinski definition) is 1. The van der Waals surface area contributed by atoms with Crippen molar-refractivity contribution in [1.29, 1.82) is 0 Å². The Kier molecular flexibility index (Phi) is 5.21. The molecule has 1 nitrogen and oxygen atoms in total. The molecule has 0 spiro atoms. The van der Waals surface area contributed by atoms with Crippen molar-refractivity contribution in [1.82, 2.24) is 5.32 Å². The van der Waals surface area contributed by atoms with E-state index in [0.717, 1.165) is 12.8 Å². The SMILES string of the molecule is CCC(CC)NC(C)Cl. The van der Waals surface area contributed by atoms with Gasteiger partial charge in [-0.3, -0.25) is 5.32 Å². The van der Waals surface area contributed by atoms with E-state index in [1.165, 1.54) is 0 Å². The van der Waals surface area contributed by atoms with E-state index in [1.807, 2.05) is 6.92 Å². The molecule has 9 heavy (non-hydrogen) atoms. The standard InChI is InChI=1S/C7H16ClN/c1-4-7(5-2)9-6(3)8/h6-7,9H,4-5H2,1-3H3. The van der Waals surface area contributed by atoms with Gasteiger partial charge in [0.25, 0.3) is 0 Å². The van der Waals surface area contributed by atoms with Gasteiger partial charge in [-0.2, -0.15) is 0 Å². The van der Waals surface area contributed by atoms with Gasteiger partial charge in [0.2, 0.25) is 0 Å². The summed E-state index contributed by atoms with van der Waals surface area (Å²) in [6.45, 7) is 6.29. The molecule has 2 heteroatoms. The van der Waals surface area contributed by atoms with Crippen LogP contribution in [0, 0.1) is 0 Å². The molecule has 0 aliphatic carbocycles. The number of halogens is 1. The third-order valence-electron chi connectivity index (χ3n) is 1.45. The first-order valence-corrected chi connectivity index (χ1v) is 4.04. The molecule has 0 aliphatic heterocycles. The summed E-state index contributed by atoms with van der Waals surface area (Å²) in [5.74, 6) is 0. The van der Waals surface area contributed by atoms with Crippen LogP contribution >= 0.6 is 11.6 Å². The maximum Gasteiger partial charge on any atom is 0.0798 e. The lowest BCUT2D eigenvalue weighted by molar-refractivity contribution is 0.480. The Morgan fingerprint density at radius 3 is 1.89 bits per heavy atom. The van der Waals surface area contributed by atoms with Gasteiger partial charge in [0, 0.05) is 6.04 Å². The summed E-state index contributed by atoms with van der Waals surface area (Å²) in [6, 6.07) is 0.595. The van der Waals surface area contributed by atoms with Gasteiger partial charge < -0.3 is 0 Å². The van der Waals surface area contributed by atoms with Gasteiger partial charge in [0.05, 0.1) is 5.50 Å². The average molecular weight is 150 g/mol. The molecule has 0 radical (unpaired) electrons. The molecule has 0 aromatic carbocycles. The molecule has 56 valence electrons. The summed E-state index contributed by atoms with van der Waals surface area (Å²) in [6.07, 6.45) is 2.32. The predicted octanol–water partition coefficient (Wildman–Crippen LogP) is 2.35. The molecule has 0 saturated heterocycles. The largest absolute Gasteiger partial charge is 0.299 e. The topological polar surface area (TPSA) is 12.0 Å². The summed E-state index contributed by atoms with van der Waals surface area (Å²) in [5.41, 5.74) is 0.106. The fourth-order valence-electron chi connectivity index (χ4n) is 0.849. The number of rotatable bonds is 4. The van der Waals surface area contributed by atoms with E-state index in [1.54, 1.807) is 0 Å². The first kappa shape index (κ1) is 9.25. The van der Waals surface area contributed by atoms with Crippen LogP contribution in [0.25, 0.3) is 0 Å². The molecule has 0 rings (SSSR count). The van der Waals surface area contributed by atoms with E-state index >= 15 is 0 Å². The fraction of sp³-hybridized carbons (Fsp3) is 1.00. The van der Waals surface area contributed by atoms with Gasteiger partial charge >= 0.3 is 0 Å². The second-order valence-corrected chi connectivity index (χ2v) is 2.95. The summed E-state index contributed by atoms with van der Waals surface area (Å²) in [4.78, 5) is 0. The van der Waals surface area contributed by atoms with Crippen LogP contribution in [0.4, 0.5) is 0 Å². The quantitative estimate of drug-likeness (QED) is 0.478. The molecular weight excluding hydrogens is 134 g/mol. The first-order valence-electron chi connectivity index (χ1n) is 3.60. The van der Waals surface area contributed by atoms with Crippen molar-refractivity contribution in [2.45, 2.75) is 45.2 Å². The molecule has 0 bridgehead atoms. The van der Waals surface area contributed by atoms with E-state index in [0.29, 0.717) is 6.04 Å². The van der Waals surface area contributed by atoms with Crippen molar-refractivity contribution in [3.63, 3.8) is 0 Å². The molecule has 0 aromatic rings. The summed E-state index contributed by atoms with van der Waals surface area (Å²) in [5, 5.41) is 3.24. The van der Waals surface area contributed by atoms with Crippen molar-refractivity contribution in [3.8, 4) is 0 Å². The van der Waals surface area contributed by atoms with Gasteiger partial charge in [-0.15, -0.1) is 11.6 Å². The van der Waals surface area contributed by atoms with Crippen LogP contribution in [-0.4, -0.2) is 11.5 Å². The fourth-order valence-corrected chi connectivity index (χ4v) is 1.03. The molecular formula is C7H16ClN. The van der Waals surface area contributed by atoms with Crippen molar-refractivity contribution < 1.29 is 0 Å². The second-order valence-electron chi connectivity index (χ2n) is 2.30. The number of hydrogen-bond donors (Lipinski definition) is 1. The molecule has 0 heterocycles. The lowest BCUT2D eigenvalue weighted by atomic mass is 10.2. The monoisotopic (exact) mass is 149 g/mol. The van der Waals surface area contributed by atoms with E-state index in [9.17, 15) is 0 Å². The number of nitrogens with one attached hydrogen (secondary N) is 1. The third-order valence-corrected chi connectivity index (χ3v) is 1.58. The Labute approximate surface area is 62.8 Å². The van der Waals surface area contributed by atoms with E-state index in [4.69, 9.17) is 11.6 Å². The second kappa shape index (κ2) is 5.07. The normalized spacial score (nSPS) is 14.3. The highest BCUT2D eigenvalue weighted by atomic mass is 35.5. The summed E-state index contributed by atoms with van der Waals surface area (Å²) < 4.78 is 0. The predicted molar refractivity (Wildman–Crippen MR) is 42.8 cm³/mol. The molecule has 0 aromatic heterocycles. The third kappa shape index (κ3) is 4.73. The van der Waals surface area contributed by atoms with E-state index < -0.39 is 0 Å². The van der Waals surface area contributed by atoms with Crippen molar-refractivity contribution in [3.05, 3.63) is 0 Å². The molecule has 0 amide bonds. The minimum absolute atomic E-state index is 0.106. The zero-order chi connectivity index (χ0) is 7.28. The van der Waals surface area contributed by atoms with Gasteiger partial charge in [-0.1, -0.05) is 13.8 Å². The van der Waals surface area contributed by atoms with Crippen LogP contribution in [0.2, 0.25) is 0 Å². The zero-order valence-electron chi connectivity index (χ0n) is 6.45. The molecule has 0 fully saturated rings. The Morgan fingerprint density at radius 2 is 1.78 bits per heavy atom. The molecule has 0 saturated carbocycles. The van der Waals surface area contributed by atoms with Crippen LogP contribution in [0.1, 0.15) is 33.6 Å². The highest BCUT2D eigenvalue weighted by molar-refractivity contribution is 6.20. The highest BCUT2D eigenvalue weighted by Crippen LogP contribution is 1.99. The zero-order valence-corrected chi connectivity index (χ0v) is 7.20. The minimum atomic E-state index is 0.106. The minimum Gasteiger partial charge on any atom is -0.299 e. The smallest absolute Gasteiger partial charge is 0.0798 e. The first-order chi connectivity index (χ1) is 4.20. The Balaban J connectivity index is 3.31. The van der Waals surface area contributed by atoms with Crippen LogP contribution in [0.15, 0.2) is 0 Å². The van der Waals surface area contributed by atoms with Gasteiger partial charge in [0.15, 0.2) is 0 Å². The molecule has 0 aliphatic rings. The molecule has 1 unspecified atom stereocenters. The van der Waals surface area contributed by atoms with Crippen molar-refractivity contribution in [2.75, 3.05) is 0 Å². The highest BCUT2D eigenvalue weighted by Gasteiger charge is 2.03. The average Bonchev–Trinajstić information content (AvgIpc) is 1.82. The van der Waals surface area contributed by atoms with Crippen LogP contribution in [0.3, 0.4) is 0 Å². The lowest BCUT2D eigenvalue weighted by Gasteiger charge is -2.15. The van der Waals surface area contributed by atoms with Gasteiger partial charge in [-0.25, -0.2) is 0 Å². The van der Waals surface area contributed by atoms with Crippen molar-refractivity contribution >= 4 is 11.6 Å². The van der Waals surface area contributed by atoms with Crippen LogP contribution in [-0.2, 0) is 0 Å².